The van der Waals surface area contributed by atoms with Crippen molar-refractivity contribution in [3.63, 3.8) is 0 Å². The number of hydrogen-bond acceptors (Lipinski definition) is 3. The third kappa shape index (κ3) is 3.96. The number of amides is 1. The Kier molecular flexibility index (Phi) is 5.21. The molecule has 0 spiro atoms. The minimum absolute atomic E-state index is 0.157. The van der Waals surface area contributed by atoms with E-state index in [1.165, 1.54) is 11.3 Å². The Morgan fingerprint density at radius 3 is 3.00 bits per heavy atom. The molecule has 1 aromatic rings. The number of hydrogen-bond donors (Lipinski definition) is 2. The topological polar surface area (TPSA) is 44.4 Å². The van der Waals surface area contributed by atoms with Gasteiger partial charge >= 0.3 is 0 Å². The van der Waals surface area contributed by atoms with E-state index in [9.17, 15) is 4.79 Å². The molecule has 1 heterocycles. The Hall–Kier alpha value is -1.55. The first-order valence-corrected chi connectivity index (χ1v) is 7.11. The molecule has 0 unspecified atom stereocenters. The van der Waals surface area contributed by atoms with Crippen molar-refractivity contribution < 1.29 is 4.79 Å². The fourth-order valence-corrected chi connectivity index (χ4v) is 2.38. The van der Waals surface area contributed by atoms with Crippen LogP contribution in [0.2, 0.25) is 0 Å². The minimum Gasteiger partial charge on any atom is -0.369 e. The second-order valence-corrected chi connectivity index (χ2v) is 4.89. The normalized spacial score (nSPS) is 16.1. The van der Waals surface area contributed by atoms with E-state index in [-0.39, 0.29) is 5.91 Å². The summed E-state index contributed by atoms with van der Waals surface area (Å²) < 4.78 is 0. The molecule has 0 aliphatic carbocycles. The van der Waals surface area contributed by atoms with Gasteiger partial charge in [0.25, 0.3) is 0 Å². The molecule has 1 saturated heterocycles. The van der Waals surface area contributed by atoms with Crippen LogP contribution in [0.15, 0.2) is 24.3 Å². The lowest BCUT2D eigenvalue weighted by Crippen LogP contribution is -2.29. The molecular weight excluding hydrogens is 238 g/mol. The molecular formula is C15H23N3O. The van der Waals surface area contributed by atoms with E-state index in [1.807, 2.05) is 0 Å². The van der Waals surface area contributed by atoms with E-state index in [0.717, 1.165) is 39.1 Å². The third-order valence-corrected chi connectivity index (χ3v) is 3.39. The summed E-state index contributed by atoms with van der Waals surface area (Å²) in [6, 6.07) is 8.46. The van der Waals surface area contributed by atoms with Crippen LogP contribution in [0.5, 0.6) is 0 Å². The van der Waals surface area contributed by atoms with Crippen LogP contribution in [-0.2, 0) is 11.3 Å². The fourth-order valence-electron chi connectivity index (χ4n) is 2.38. The Balaban J connectivity index is 2.07. The second-order valence-electron chi connectivity index (χ2n) is 4.89. The molecule has 19 heavy (non-hydrogen) atoms. The standard InChI is InChI=1S/C15H23N3O/c1-2-8-16-12-13-5-3-4-6-14(13)18-10-7-15(19)17-9-11-18/h3-6,16H,2,7-12H2,1H3,(H,17,19). The number of anilines is 1. The van der Waals surface area contributed by atoms with Gasteiger partial charge in [-0.15, -0.1) is 0 Å². The zero-order valence-corrected chi connectivity index (χ0v) is 11.6. The summed E-state index contributed by atoms with van der Waals surface area (Å²) in [6.07, 6.45) is 1.72. The number of carbonyl (C=O) groups is 1. The third-order valence-electron chi connectivity index (χ3n) is 3.39. The van der Waals surface area contributed by atoms with Crippen molar-refractivity contribution in [1.29, 1.82) is 0 Å². The monoisotopic (exact) mass is 261 g/mol. The Morgan fingerprint density at radius 1 is 1.32 bits per heavy atom. The largest absolute Gasteiger partial charge is 0.369 e. The van der Waals surface area contributed by atoms with E-state index in [2.05, 4.69) is 46.7 Å². The number of rotatable bonds is 5. The van der Waals surface area contributed by atoms with Gasteiger partial charge in [-0.2, -0.15) is 0 Å². The minimum atomic E-state index is 0.157. The average Bonchev–Trinajstić information content (AvgIpc) is 2.64. The molecule has 4 heteroatoms. The smallest absolute Gasteiger partial charge is 0.221 e. The quantitative estimate of drug-likeness (QED) is 0.790. The summed E-state index contributed by atoms with van der Waals surface area (Å²) in [5.74, 6) is 0.157. The zero-order valence-electron chi connectivity index (χ0n) is 11.6. The van der Waals surface area contributed by atoms with Crippen LogP contribution in [0.1, 0.15) is 25.3 Å². The number of para-hydroxylation sites is 1. The summed E-state index contributed by atoms with van der Waals surface area (Å²) in [5.41, 5.74) is 2.56. The zero-order chi connectivity index (χ0) is 13.5. The maximum atomic E-state index is 11.4. The van der Waals surface area contributed by atoms with Crippen LogP contribution < -0.4 is 15.5 Å². The van der Waals surface area contributed by atoms with E-state index in [1.54, 1.807) is 0 Å². The Morgan fingerprint density at radius 2 is 2.16 bits per heavy atom. The molecule has 0 aromatic heterocycles. The summed E-state index contributed by atoms with van der Waals surface area (Å²) in [6.45, 7) is 6.52. The van der Waals surface area contributed by atoms with Gasteiger partial charge < -0.3 is 15.5 Å². The summed E-state index contributed by atoms with van der Waals surface area (Å²) in [7, 11) is 0. The molecule has 0 saturated carbocycles. The molecule has 0 bridgehead atoms. The number of benzene rings is 1. The average molecular weight is 261 g/mol. The first-order chi connectivity index (χ1) is 9.31. The number of carbonyl (C=O) groups excluding carboxylic acids is 1. The molecule has 2 rings (SSSR count). The lowest BCUT2D eigenvalue weighted by atomic mass is 10.1. The van der Waals surface area contributed by atoms with Crippen LogP contribution in [0.25, 0.3) is 0 Å². The first-order valence-electron chi connectivity index (χ1n) is 7.11. The van der Waals surface area contributed by atoms with Crippen LogP contribution in [-0.4, -0.2) is 32.1 Å². The van der Waals surface area contributed by atoms with Gasteiger partial charge in [0.2, 0.25) is 5.91 Å². The predicted octanol–water partition coefficient (Wildman–Crippen LogP) is 1.51. The maximum Gasteiger partial charge on any atom is 0.221 e. The lowest BCUT2D eigenvalue weighted by Gasteiger charge is -2.25. The highest BCUT2D eigenvalue weighted by Gasteiger charge is 2.15. The molecule has 1 amide bonds. The van der Waals surface area contributed by atoms with Gasteiger partial charge in [-0.3, -0.25) is 4.79 Å². The number of nitrogens with zero attached hydrogens (tertiary/aromatic N) is 1. The Labute approximate surface area is 115 Å². The molecule has 2 N–H and O–H groups in total. The van der Waals surface area contributed by atoms with E-state index >= 15 is 0 Å². The van der Waals surface area contributed by atoms with Crippen molar-refractivity contribution in [2.24, 2.45) is 0 Å². The highest BCUT2D eigenvalue weighted by molar-refractivity contribution is 5.77. The van der Waals surface area contributed by atoms with Gasteiger partial charge in [-0.25, -0.2) is 0 Å². The van der Waals surface area contributed by atoms with Crippen molar-refractivity contribution in [2.75, 3.05) is 31.1 Å². The lowest BCUT2D eigenvalue weighted by molar-refractivity contribution is -0.120. The first kappa shape index (κ1) is 13.9. The molecule has 0 radical (unpaired) electrons. The molecule has 104 valence electrons. The Bertz CT molecular complexity index is 420. The van der Waals surface area contributed by atoms with E-state index < -0.39 is 0 Å². The van der Waals surface area contributed by atoms with Gasteiger partial charge in [0.15, 0.2) is 0 Å². The van der Waals surface area contributed by atoms with E-state index in [4.69, 9.17) is 0 Å². The van der Waals surface area contributed by atoms with Crippen molar-refractivity contribution in [2.45, 2.75) is 26.3 Å². The molecule has 1 fully saturated rings. The highest BCUT2D eigenvalue weighted by Crippen LogP contribution is 2.21. The number of nitrogens with one attached hydrogen (secondary N) is 2. The summed E-state index contributed by atoms with van der Waals surface area (Å²) in [4.78, 5) is 13.7. The van der Waals surface area contributed by atoms with Gasteiger partial charge in [0.05, 0.1) is 0 Å². The summed E-state index contributed by atoms with van der Waals surface area (Å²) >= 11 is 0. The SMILES string of the molecule is CCCNCc1ccccc1N1CCNC(=O)CC1. The molecule has 1 aliphatic heterocycles. The second kappa shape index (κ2) is 7.14. The van der Waals surface area contributed by atoms with Gasteiger partial charge in [-0.1, -0.05) is 25.1 Å². The van der Waals surface area contributed by atoms with Crippen molar-refractivity contribution in [3.8, 4) is 0 Å². The van der Waals surface area contributed by atoms with Gasteiger partial charge in [0, 0.05) is 38.3 Å². The van der Waals surface area contributed by atoms with Gasteiger partial charge in [-0.05, 0) is 24.6 Å². The van der Waals surface area contributed by atoms with Crippen molar-refractivity contribution in [3.05, 3.63) is 29.8 Å². The fraction of sp³-hybridized carbons (Fsp3) is 0.533. The van der Waals surface area contributed by atoms with E-state index in [0.29, 0.717) is 6.42 Å². The summed E-state index contributed by atoms with van der Waals surface area (Å²) in [5, 5.41) is 6.37. The molecule has 1 aromatic carbocycles. The van der Waals surface area contributed by atoms with Crippen LogP contribution >= 0.6 is 0 Å². The predicted molar refractivity (Wildman–Crippen MR) is 78.3 cm³/mol. The van der Waals surface area contributed by atoms with Crippen LogP contribution in [0.3, 0.4) is 0 Å². The van der Waals surface area contributed by atoms with Crippen LogP contribution in [0, 0.1) is 0 Å². The van der Waals surface area contributed by atoms with Crippen LogP contribution in [0.4, 0.5) is 5.69 Å². The van der Waals surface area contributed by atoms with Crippen molar-refractivity contribution >= 4 is 11.6 Å². The maximum absolute atomic E-state index is 11.4. The van der Waals surface area contributed by atoms with Gasteiger partial charge in [0.1, 0.15) is 0 Å². The van der Waals surface area contributed by atoms with Crippen molar-refractivity contribution in [1.82, 2.24) is 10.6 Å². The molecule has 0 atom stereocenters. The molecule has 1 aliphatic rings. The highest BCUT2D eigenvalue weighted by atomic mass is 16.1. The molecule has 4 nitrogen and oxygen atoms in total.